The number of nitrogens with zero attached hydrogens (tertiary/aromatic N) is 2. The van der Waals surface area contributed by atoms with Gasteiger partial charge in [0.05, 0.1) is 6.04 Å². The summed E-state index contributed by atoms with van der Waals surface area (Å²) < 4.78 is 0. The van der Waals surface area contributed by atoms with Gasteiger partial charge >= 0.3 is 0 Å². The Kier molecular flexibility index (Phi) is 5.14. The first-order valence-electron chi connectivity index (χ1n) is 8.71. The topological polar surface area (TPSA) is 45.2 Å². The number of pyridine rings is 1. The number of carbonyl (C=O) groups is 1. The second-order valence-electron chi connectivity index (χ2n) is 6.74. The minimum atomic E-state index is 0.0982. The molecule has 1 atom stereocenters. The van der Waals surface area contributed by atoms with Crippen molar-refractivity contribution in [1.29, 1.82) is 0 Å². The van der Waals surface area contributed by atoms with Gasteiger partial charge in [0.15, 0.2) is 0 Å². The monoisotopic (exact) mass is 323 g/mol. The Labute approximate surface area is 143 Å². The van der Waals surface area contributed by atoms with Crippen LogP contribution in [0.4, 0.5) is 5.82 Å². The lowest BCUT2D eigenvalue weighted by molar-refractivity contribution is 0.0736. The number of hydrogen-bond donors (Lipinski definition) is 1. The lowest BCUT2D eigenvalue weighted by Crippen LogP contribution is -2.31. The van der Waals surface area contributed by atoms with Gasteiger partial charge in [-0.1, -0.05) is 38.1 Å². The summed E-state index contributed by atoms with van der Waals surface area (Å²) in [5.41, 5.74) is 1.88. The Balaban J connectivity index is 1.84. The molecular weight excluding hydrogens is 298 g/mol. The van der Waals surface area contributed by atoms with Crippen LogP contribution < -0.4 is 5.32 Å². The predicted molar refractivity (Wildman–Crippen MR) is 97.0 cm³/mol. The van der Waals surface area contributed by atoms with Gasteiger partial charge in [-0.3, -0.25) is 4.79 Å². The van der Waals surface area contributed by atoms with Crippen LogP contribution in [0.1, 0.15) is 48.7 Å². The maximum Gasteiger partial charge on any atom is 0.254 e. The van der Waals surface area contributed by atoms with Crippen molar-refractivity contribution in [2.24, 2.45) is 5.92 Å². The number of benzene rings is 1. The number of nitrogens with one attached hydrogen (secondary N) is 1. The molecule has 0 radical (unpaired) electrons. The van der Waals surface area contributed by atoms with Gasteiger partial charge in [-0.05, 0) is 37.0 Å². The van der Waals surface area contributed by atoms with Crippen molar-refractivity contribution in [3.05, 3.63) is 59.8 Å². The fourth-order valence-electron chi connectivity index (χ4n) is 3.21. The van der Waals surface area contributed by atoms with Crippen molar-refractivity contribution in [2.45, 2.75) is 32.7 Å². The molecule has 1 saturated heterocycles. The van der Waals surface area contributed by atoms with Gasteiger partial charge in [0.1, 0.15) is 5.82 Å². The van der Waals surface area contributed by atoms with Gasteiger partial charge in [0.25, 0.3) is 5.91 Å². The first-order chi connectivity index (χ1) is 11.7. The van der Waals surface area contributed by atoms with Crippen molar-refractivity contribution in [3.63, 3.8) is 0 Å². The van der Waals surface area contributed by atoms with Crippen LogP contribution in [0.2, 0.25) is 0 Å². The SMILES string of the molecule is CC(C)CNc1ncccc1[C@@H]1CCCN1C(=O)c1ccccc1. The average molecular weight is 323 g/mol. The molecule has 1 fully saturated rings. The standard InChI is InChI=1S/C20H25N3O/c1-15(2)14-22-19-17(10-6-12-21-19)18-11-7-13-23(18)20(24)16-8-4-3-5-9-16/h3-6,8-10,12,15,18H,7,11,13-14H2,1-2H3,(H,21,22)/t18-/m0/s1. The zero-order chi connectivity index (χ0) is 16.9. The third kappa shape index (κ3) is 3.58. The molecule has 0 spiro atoms. The number of anilines is 1. The van der Waals surface area contributed by atoms with Crippen LogP contribution in [-0.4, -0.2) is 28.9 Å². The smallest absolute Gasteiger partial charge is 0.254 e. The Hall–Kier alpha value is -2.36. The summed E-state index contributed by atoms with van der Waals surface area (Å²) in [5.74, 6) is 1.56. The van der Waals surface area contributed by atoms with Crippen molar-refractivity contribution < 1.29 is 4.79 Å². The van der Waals surface area contributed by atoms with Crippen LogP contribution in [-0.2, 0) is 0 Å². The van der Waals surface area contributed by atoms with Crippen LogP contribution in [0, 0.1) is 5.92 Å². The van der Waals surface area contributed by atoms with E-state index in [4.69, 9.17) is 0 Å². The molecule has 4 heteroatoms. The minimum absolute atomic E-state index is 0.0982. The van der Waals surface area contributed by atoms with Crippen molar-refractivity contribution in [3.8, 4) is 0 Å². The molecule has 1 aliphatic rings. The van der Waals surface area contributed by atoms with Crippen LogP contribution in [0.25, 0.3) is 0 Å². The molecule has 1 aromatic carbocycles. The molecule has 0 aliphatic carbocycles. The first-order valence-corrected chi connectivity index (χ1v) is 8.71. The summed E-state index contributed by atoms with van der Waals surface area (Å²) in [5, 5.41) is 3.44. The summed E-state index contributed by atoms with van der Waals surface area (Å²) in [4.78, 5) is 19.4. The van der Waals surface area contributed by atoms with E-state index in [-0.39, 0.29) is 11.9 Å². The molecule has 3 rings (SSSR count). The molecule has 0 unspecified atom stereocenters. The van der Waals surface area contributed by atoms with Crippen molar-refractivity contribution in [2.75, 3.05) is 18.4 Å². The van der Waals surface area contributed by atoms with E-state index in [2.05, 4.69) is 30.2 Å². The number of aromatic nitrogens is 1. The second kappa shape index (κ2) is 7.47. The second-order valence-corrected chi connectivity index (χ2v) is 6.74. The summed E-state index contributed by atoms with van der Waals surface area (Å²) in [6, 6.07) is 13.7. The van der Waals surface area contributed by atoms with E-state index in [1.165, 1.54) is 0 Å². The molecule has 2 heterocycles. The number of likely N-dealkylation sites (tertiary alicyclic amines) is 1. The fourth-order valence-corrected chi connectivity index (χ4v) is 3.21. The maximum absolute atomic E-state index is 12.9. The molecule has 1 amide bonds. The third-order valence-corrected chi connectivity index (χ3v) is 4.41. The number of amides is 1. The zero-order valence-electron chi connectivity index (χ0n) is 14.4. The molecule has 1 aliphatic heterocycles. The van der Waals surface area contributed by atoms with E-state index < -0.39 is 0 Å². The van der Waals surface area contributed by atoms with E-state index in [1.54, 1.807) is 0 Å². The highest BCUT2D eigenvalue weighted by Crippen LogP contribution is 2.36. The van der Waals surface area contributed by atoms with Crippen LogP contribution in [0.5, 0.6) is 0 Å². The van der Waals surface area contributed by atoms with Crippen LogP contribution in [0.3, 0.4) is 0 Å². The third-order valence-electron chi connectivity index (χ3n) is 4.41. The van der Waals surface area contributed by atoms with Crippen LogP contribution >= 0.6 is 0 Å². The number of hydrogen-bond acceptors (Lipinski definition) is 3. The lowest BCUT2D eigenvalue weighted by Gasteiger charge is -2.27. The minimum Gasteiger partial charge on any atom is -0.370 e. The largest absolute Gasteiger partial charge is 0.370 e. The lowest BCUT2D eigenvalue weighted by atomic mass is 10.0. The van der Waals surface area contributed by atoms with Gasteiger partial charge in [0.2, 0.25) is 0 Å². The summed E-state index contributed by atoms with van der Waals surface area (Å²) >= 11 is 0. The molecule has 4 nitrogen and oxygen atoms in total. The number of rotatable bonds is 5. The molecule has 24 heavy (non-hydrogen) atoms. The Morgan fingerprint density at radius 2 is 2.04 bits per heavy atom. The Morgan fingerprint density at radius 3 is 2.79 bits per heavy atom. The predicted octanol–water partition coefficient (Wildman–Crippen LogP) is 4.13. The van der Waals surface area contributed by atoms with Gasteiger partial charge in [-0.2, -0.15) is 0 Å². The number of carbonyl (C=O) groups excluding carboxylic acids is 1. The summed E-state index contributed by atoms with van der Waals surface area (Å²) in [6.07, 6.45) is 3.83. The van der Waals surface area contributed by atoms with E-state index in [0.717, 1.165) is 42.9 Å². The Morgan fingerprint density at radius 1 is 1.25 bits per heavy atom. The summed E-state index contributed by atoms with van der Waals surface area (Å²) in [6.45, 7) is 6.03. The maximum atomic E-state index is 12.9. The molecule has 1 aromatic heterocycles. The molecule has 2 aromatic rings. The summed E-state index contributed by atoms with van der Waals surface area (Å²) in [7, 11) is 0. The van der Waals surface area contributed by atoms with Crippen molar-refractivity contribution >= 4 is 11.7 Å². The highest BCUT2D eigenvalue weighted by molar-refractivity contribution is 5.94. The highest BCUT2D eigenvalue weighted by Gasteiger charge is 2.32. The van der Waals surface area contributed by atoms with Gasteiger partial charge in [-0.15, -0.1) is 0 Å². The average Bonchev–Trinajstić information content (AvgIpc) is 3.09. The van der Waals surface area contributed by atoms with E-state index in [9.17, 15) is 4.79 Å². The van der Waals surface area contributed by atoms with Crippen LogP contribution in [0.15, 0.2) is 48.7 Å². The van der Waals surface area contributed by atoms with Crippen molar-refractivity contribution in [1.82, 2.24) is 9.88 Å². The fraction of sp³-hybridized carbons (Fsp3) is 0.400. The van der Waals surface area contributed by atoms with E-state index in [0.29, 0.717) is 5.92 Å². The van der Waals surface area contributed by atoms with Gasteiger partial charge in [-0.25, -0.2) is 4.98 Å². The molecule has 1 N–H and O–H groups in total. The quantitative estimate of drug-likeness (QED) is 0.900. The van der Waals surface area contributed by atoms with E-state index >= 15 is 0 Å². The highest BCUT2D eigenvalue weighted by atomic mass is 16.2. The van der Waals surface area contributed by atoms with E-state index in [1.807, 2.05) is 47.5 Å². The molecular formula is C20H25N3O. The molecule has 126 valence electrons. The molecule has 0 bridgehead atoms. The first kappa shape index (κ1) is 16.5. The van der Waals surface area contributed by atoms with Gasteiger partial charge < -0.3 is 10.2 Å². The zero-order valence-corrected chi connectivity index (χ0v) is 14.4. The normalized spacial score (nSPS) is 17.3. The van der Waals surface area contributed by atoms with Gasteiger partial charge in [0, 0.05) is 30.4 Å². The molecule has 0 saturated carbocycles. The Bertz CT molecular complexity index is 684.